The molecule has 3 aromatic rings. The molecule has 0 heterocycles. The highest BCUT2D eigenvalue weighted by atomic mass is 35.5. The maximum absolute atomic E-state index is 12.3. The van der Waals surface area contributed by atoms with Crippen molar-refractivity contribution in [1.82, 2.24) is 5.43 Å². The van der Waals surface area contributed by atoms with Crippen molar-refractivity contribution in [2.24, 2.45) is 5.10 Å². The van der Waals surface area contributed by atoms with Crippen molar-refractivity contribution >= 4 is 29.4 Å². The van der Waals surface area contributed by atoms with Crippen LogP contribution in [-0.4, -0.2) is 29.8 Å². The van der Waals surface area contributed by atoms with Crippen LogP contribution >= 0.6 is 11.6 Å². The van der Waals surface area contributed by atoms with Crippen molar-refractivity contribution in [3.63, 3.8) is 0 Å². The van der Waals surface area contributed by atoms with Crippen LogP contribution in [0.4, 0.5) is 5.69 Å². The van der Waals surface area contributed by atoms with Gasteiger partial charge in [-0.2, -0.15) is 5.10 Å². The molecule has 3 rings (SSSR count). The molecule has 0 saturated carbocycles. The molecule has 0 aromatic heterocycles. The average Bonchev–Trinajstić information content (AvgIpc) is 2.85. The van der Waals surface area contributed by atoms with Gasteiger partial charge >= 0.3 is 5.69 Å². The molecule has 0 spiro atoms. The van der Waals surface area contributed by atoms with E-state index < -0.39 is 16.9 Å². The predicted octanol–water partition coefficient (Wildman–Crippen LogP) is 5.14. The molecule has 1 N–H and O–H groups in total. The number of hydrazone groups is 1. The van der Waals surface area contributed by atoms with E-state index in [1.807, 2.05) is 19.1 Å². The van der Waals surface area contributed by atoms with Crippen LogP contribution in [-0.2, 0) is 11.4 Å². The first-order valence-electron chi connectivity index (χ1n) is 10.7. The quantitative estimate of drug-likeness (QED) is 0.223. The molecular formula is C25H24ClN3O6. The van der Waals surface area contributed by atoms with Gasteiger partial charge in [-0.1, -0.05) is 35.9 Å². The van der Waals surface area contributed by atoms with Crippen molar-refractivity contribution < 1.29 is 23.9 Å². The van der Waals surface area contributed by atoms with E-state index in [-0.39, 0.29) is 11.4 Å². The number of nitrogens with zero attached hydrogens (tertiary/aromatic N) is 2. The Kier molecular flexibility index (Phi) is 9.02. The molecule has 35 heavy (non-hydrogen) atoms. The number of hydrogen-bond donors (Lipinski definition) is 1. The summed E-state index contributed by atoms with van der Waals surface area (Å²) in [6.45, 7) is 4.12. The SMILES string of the molecule is CCOc1cc(/C=N/NC(=O)C(C)Oc2ccccc2[N+](=O)[O-])ccc1OCc1ccc(Cl)cc1. The van der Waals surface area contributed by atoms with E-state index in [4.69, 9.17) is 25.8 Å². The van der Waals surface area contributed by atoms with Gasteiger partial charge in [0.15, 0.2) is 23.4 Å². The molecule has 0 aliphatic heterocycles. The fourth-order valence-electron chi connectivity index (χ4n) is 2.95. The number of carbonyl (C=O) groups excluding carboxylic acids is 1. The third kappa shape index (κ3) is 7.44. The molecular weight excluding hydrogens is 474 g/mol. The van der Waals surface area contributed by atoms with Gasteiger partial charge in [-0.05, 0) is 61.4 Å². The van der Waals surface area contributed by atoms with Gasteiger partial charge in [0.1, 0.15) is 6.61 Å². The van der Waals surface area contributed by atoms with E-state index in [0.717, 1.165) is 5.56 Å². The fourth-order valence-corrected chi connectivity index (χ4v) is 3.07. The van der Waals surface area contributed by atoms with Crippen LogP contribution in [0.5, 0.6) is 17.2 Å². The largest absolute Gasteiger partial charge is 0.490 e. The lowest BCUT2D eigenvalue weighted by molar-refractivity contribution is -0.386. The minimum Gasteiger partial charge on any atom is -0.490 e. The molecule has 182 valence electrons. The van der Waals surface area contributed by atoms with Crippen LogP contribution in [0.1, 0.15) is 25.0 Å². The Balaban J connectivity index is 1.60. The Bertz CT molecular complexity index is 1200. The molecule has 3 aromatic carbocycles. The summed E-state index contributed by atoms with van der Waals surface area (Å²) in [5.41, 5.74) is 3.77. The lowest BCUT2D eigenvalue weighted by Crippen LogP contribution is -2.33. The van der Waals surface area contributed by atoms with E-state index >= 15 is 0 Å². The Morgan fingerprint density at radius 3 is 2.54 bits per heavy atom. The molecule has 0 fully saturated rings. The minimum absolute atomic E-state index is 0.000301. The standard InChI is InChI=1S/C25H24ClN3O6/c1-3-33-24-14-19(10-13-23(24)34-16-18-8-11-20(26)12-9-18)15-27-28-25(30)17(2)35-22-7-5-4-6-21(22)29(31)32/h4-15,17H,3,16H2,1-2H3,(H,28,30)/b27-15+. The zero-order valence-electron chi connectivity index (χ0n) is 19.1. The summed E-state index contributed by atoms with van der Waals surface area (Å²) in [6, 6.07) is 18.5. The molecule has 1 atom stereocenters. The summed E-state index contributed by atoms with van der Waals surface area (Å²) in [6.07, 6.45) is 0.442. The summed E-state index contributed by atoms with van der Waals surface area (Å²) in [7, 11) is 0. The lowest BCUT2D eigenvalue weighted by atomic mass is 10.2. The van der Waals surface area contributed by atoms with Crippen molar-refractivity contribution in [3.05, 3.63) is 93.0 Å². The highest BCUT2D eigenvalue weighted by Crippen LogP contribution is 2.29. The molecule has 0 aliphatic rings. The Hall–Kier alpha value is -4.11. The van der Waals surface area contributed by atoms with Crippen LogP contribution in [0.2, 0.25) is 5.02 Å². The molecule has 0 radical (unpaired) electrons. The number of amides is 1. The Morgan fingerprint density at radius 1 is 1.09 bits per heavy atom. The third-order valence-electron chi connectivity index (χ3n) is 4.70. The van der Waals surface area contributed by atoms with Gasteiger partial charge in [0.2, 0.25) is 0 Å². The third-order valence-corrected chi connectivity index (χ3v) is 4.95. The molecule has 1 amide bonds. The van der Waals surface area contributed by atoms with Crippen LogP contribution < -0.4 is 19.6 Å². The van der Waals surface area contributed by atoms with E-state index in [1.54, 1.807) is 36.4 Å². The molecule has 10 heteroatoms. The molecule has 0 bridgehead atoms. The number of rotatable bonds is 11. The normalized spacial score (nSPS) is 11.6. The van der Waals surface area contributed by atoms with Crippen LogP contribution in [0.3, 0.4) is 0 Å². The van der Waals surface area contributed by atoms with E-state index in [1.165, 1.54) is 31.3 Å². The molecule has 0 aliphatic carbocycles. The number of para-hydroxylation sites is 2. The van der Waals surface area contributed by atoms with Gasteiger partial charge in [-0.15, -0.1) is 0 Å². The second kappa shape index (κ2) is 12.4. The predicted molar refractivity (Wildman–Crippen MR) is 132 cm³/mol. The van der Waals surface area contributed by atoms with Crippen LogP contribution in [0.15, 0.2) is 71.8 Å². The van der Waals surface area contributed by atoms with Crippen molar-refractivity contribution in [2.45, 2.75) is 26.6 Å². The zero-order valence-corrected chi connectivity index (χ0v) is 19.9. The van der Waals surface area contributed by atoms with Crippen LogP contribution in [0.25, 0.3) is 0 Å². The van der Waals surface area contributed by atoms with Gasteiger partial charge in [-0.3, -0.25) is 14.9 Å². The van der Waals surface area contributed by atoms with Gasteiger partial charge in [0, 0.05) is 11.1 Å². The first-order valence-corrected chi connectivity index (χ1v) is 11.1. The van der Waals surface area contributed by atoms with Crippen molar-refractivity contribution in [3.8, 4) is 17.2 Å². The Labute approximate surface area is 207 Å². The number of halogens is 1. The Morgan fingerprint density at radius 2 is 1.83 bits per heavy atom. The van der Waals surface area contributed by atoms with Crippen LogP contribution in [0, 0.1) is 10.1 Å². The zero-order chi connectivity index (χ0) is 25.2. The first-order chi connectivity index (χ1) is 16.9. The highest BCUT2D eigenvalue weighted by molar-refractivity contribution is 6.30. The maximum Gasteiger partial charge on any atom is 0.310 e. The molecule has 0 saturated heterocycles. The maximum atomic E-state index is 12.3. The van der Waals surface area contributed by atoms with Gasteiger partial charge in [0.25, 0.3) is 5.91 Å². The summed E-state index contributed by atoms with van der Waals surface area (Å²) in [4.78, 5) is 22.8. The fraction of sp³-hybridized carbons (Fsp3) is 0.200. The van der Waals surface area contributed by atoms with Gasteiger partial charge < -0.3 is 14.2 Å². The van der Waals surface area contributed by atoms with E-state index in [9.17, 15) is 14.9 Å². The number of carbonyl (C=O) groups is 1. The minimum atomic E-state index is -1.00. The van der Waals surface area contributed by atoms with Gasteiger partial charge in [0.05, 0.1) is 17.7 Å². The lowest BCUT2D eigenvalue weighted by Gasteiger charge is -2.13. The van der Waals surface area contributed by atoms with E-state index in [2.05, 4.69) is 10.5 Å². The van der Waals surface area contributed by atoms with Crippen molar-refractivity contribution in [2.75, 3.05) is 6.61 Å². The summed E-state index contributed by atoms with van der Waals surface area (Å²) in [5.74, 6) is 0.534. The number of nitro benzene ring substituents is 1. The summed E-state index contributed by atoms with van der Waals surface area (Å²) >= 11 is 5.91. The number of ether oxygens (including phenoxy) is 3. The van der Waals surface area contributed by atoms with Gasteiger partial charge in [-0.25, -0.2) is 5.43 Å². The molecule has 1 unspecified atom stereocenters. The van der Waals surface area contributed by atoms with Crippen molar-refractivity contribution in [1.29, 1.82) is 0 Å². The number of nitrogens with one attached hydrogen (secondary N) is 1. The molecule has 9 nitrogen and oxygen atoms in total. The topological polar surface area (TPSA) is 112 Å². The second-order valence-electron chi connectivity index (χ2n) is 7.27. The summed E-state index contributed by atoms with van der Waals surface area (Å²) in [5, 5.41) is 15.7. The number of hydrogen-bond acceptors (Lipinski definition) is 7. The van der Waals surface area contributed by atoms with E-state index in [0.29, 0.717) is 35.3 Å². The summed E-state index contributed by atoms with van der Waals surface area (Å²) < 4.78 is 17.0. The smallest absolute Gasteiger partial charge is 0.310 e. The average molecular weight is 498 g/mol. The number of nitro groups is 1. The number of benzene rings is 3. The second-order valence-corrected chi connectivity index (χ2v) is 7.71. The monoisotopic (exact) mass is 497 g/mol. The first kappa shape index (κ1) is 25.5. The highest BCUT2D eigenvalue weighted by Gasteiger charge is 2.20.